The molecule has 4 rings (SSSR count). The third-order valence-corrected chi connectivity index (χ3v) is 8.17. The first-order valence-corrected chi connectivity index (χ1v) is 12.7. The Morgan fingerprint density at radius 2 is 1.53 bits per heavy atom. The molecule has 2 heterocycles. The average molecular weight is 458 g/mol. The molecule has 32 heavy (non-hydrogen) atoms. The van der Waals surface area contributed by atoms with E-state index in [1.807, 2.05) is 24.3 Å². The number of amides is 1. The van der Waals surface area contributed by atoms with Gasteiger partial charge in [0.2, 0.25) is 0 Å². The lowest BCUT2D eigenvalue weighted by molar-refractivity contribution is 0.0720. The third-order valence-electron chi connectivity index (χ3n) is 6.39. The van der Waals surface area contributed by atoms with E-state index in [9.17, 15) is 13.2 Å². The number of hydrogen-bond acceptors (Lipinski definition) is 5. The number of ether oxygens (including phenoxy) is 1. The number of rotatable bonds is 6. The van der Waals surface area contributed by atoms with E-state index in [1.54, 1.807) is 11.0 Å². The molecule has 1 amide bonds. The standard InChI is InChI=1S/C24H31N3O4S/c1-25(19-8-10-20(11-9-19)26-14-6-7-15-26)32(29,30)21-12-13-23(31-2)22(18-21)24(28)27-16-4-3-5-17-27/h8-13,18H,3-7,14-17H2,1-2H3. The molecule has 0 unspecified atom stereocenters. The Balaban J connectivity index is 1.60. The summed E-state index contributed by atoms with van der Waals surface area (Å²) in [6, 6.07) is 12.1. The largest absolute Gasteiger partial charge is 0.496 e. The maximum absolute atomic E-state index is 13.4. The Bertz CT molecular complexity index is 1060. The summed E-state index contributed by atoms with van der Waals surface area (Å²) in [5.74, 6) is 0.202. The first-order chi connectivity index (χ1) is 15.4. The highest BCUT2D eigenvalue weighted by atomic mass is 32.2. The van der Waals surface area contributed by atoms with Crippen molar-refractivity contribution in [2.75, 3.05) is 49.5 Å². The predicted octanol–water partition coefficient (Wildman–Crippen LogP) is 3.75. The number of benzene rings is 2. The van der Waals surface area contributed by atoms with Crippen LogP contribution in [0.2, 0.25) is 0 Å². The van der Waals surface area contributed by atoms with Crippen LogP contribution in [0.4, 0.5) is 11.4 Å². The van der Waals surface area contributed by atoms with Gasteiger partial charge < -0.3 is 14.5 Å². The molecule has 2 aromatic carbocycles. The van der Waals surface area contributed by atoms with Gasteiger partial charge in [0.15, 0.2) is 0 Å². The van der Waals surface area contributed by atoms with Crippen molar-refractivity contribution >= 4 is 27.3 Å². The highest BCUT2D eigenvalue weighted by Gasteiger charge is 2.27. The van der Waals surface area contributed by atoms with Crippen LogP contribution in [-0.4, -0.2) is 59.6 Å². The summed E-state index contributed by atoms with van der Waals surface area (Å²) in [6.07, 6.45) is 5.40. The van der Waals surface area contributed by atoms with Crippen LogP contribution >= 0.6 is 0 Å². The van der Waals surface area contributed by atoms with Gasteiger partial charge in [-0.25, -0.2) is 8.42 Å². The molecule has 172 valence electrons. The maximum Gasteiger partial charge on any atom is 0.264 e. The molecular formula is C24H31N3O4S. The molecule has 0 radical (unpaired) electrons. The van der Waals surface area contributed by atoms with Gasteiger partial charge in [-0.05, 0) is 74.6 Å². The fourth-order valence-corrected chi connectivity index (χ4v) is 5.65. The van der Waals surface area contributed by atoms with Crippen LogP contribution in [0.15, 0.2) is 47.4 Å². The fraction of sp³-hybridized carbons (Fsp3) is 0.458. The fourth-order valence-electron chi connectivity index (χ4n) is 4.43. The predicted molar refractivity (Wildman–Crippen MR) is 126 cm³/mol. The summed E-state index contributed by atoms with van der Waals surface area (Å²) in [5.41, 5.74) is 1.97. The number of methoxy groups -OCH3 is 1. The van der Waals surface area contributed by atoms with E-state index in [1.165, 1.54) is 43.4 Å². The lowest BCUT2D eigenvalue weighted by atomic mass is 10.1. The Hall–Kier alpha value is -2.74. The molecule has 0 atom stereocenters. The number of likely N-dealkylation sites (tertiary alicyclic amines) is 1. The molecule has 2 fully saturated rings. The van der Waals surface area contributed by atoms with E-state index in [0.29, 0.717) is 24.5 Å². The first-order valence-electron chi connectivity index (χ1n) is 11.2. The van der Waals surface area contributed by atoms with Gasteiger partial charge in [-0.2, -0.15) is 0 Å². The summed E-state index contributed by atoms with van der Waals surface area (Å²) < 4.78 is 33.4. The van der Waals surface area contributed by atoms with Gasteiger partial charge in [0.25, 0.3) is 15.9 Å². The van der Waals surface area contributed by atoms with Gasteiger partial charge in [-0.15, -0.1) is 0 Å². The summed E-state index contributed by atoms with van der Waals surface area (Å²) in [4.78, 5) is 17.3. The molecule has 0 spiro atoms. The SMILES string of the molecule is COc1ccc(S(=O)(=O)N(C)c2ccc(N3CCCC3)cc2)cc1C(=O)N1CCCCC1. The Morgan fingerprint density at radius 1 is 0.906 bits per heavy atom. The van der Waals surface area contributed by atoms with Crippen molar-refractivity contribution in [2.45, 2.75) is 37.0 Å². The lowest BCUT2D eigenvalue weighted by Gasteiger charge is -2.27. The zero-order valence-corrected chi connectivity index (χ0v) is 19.6. The van der Waals surface area contributed by atoms with Gasteiger partial charge in [0.05, 0.1) is 23.3 Å². The zero-order chi connectivity index (χ0) is 22.7. The van der Waals surface area contributed by atoms with Gasteiger partial charge in [0, 0.05) is 38.9 Å². The first kappa shape index (κ1) is 22.5. The van der Waals surface area contributed by atoms with Crippen molar-refractivity contribution in [2.24, 2.45) is 0 Å². The Kier molecular flexibility index (Phi) is 6.60. The van der Waals surface area contributed by atoms with Crippen molar-refractivity contribution in [1.82, 2.24) is 4.90 Å². The summed E-state index contributed by atoms with van der Waals surface area (Å²) >= 11 is 0. The third kappa shape index (κ3) is 4.41. The summed E-state index contributed by atoms with van der Waals surface area (Å²) in [6.45, 7) is 3.44. The van der Waals surface area contributed by atoms with Gasteiger partial charge in [-0.3, -0.25) is 9.10 Å². The monoisotopic (exact) mass is 457 g/mol. The van der Waals surface area contributed by atoms with Crippen molar-refractivity contribution in [3.05, 3.63) is 48.0 Å². The Morgan fingerprint density at radius 3 is 2.16 bits per heavy atom. The number of nitrogens with zero attached hydrogens (tertiary/aromatic N) is 3. The minimum atomic E-state index is -3.84. The minimum absolute atomic E-state index is 0.0739. The number of carbonyl (C=O) groups excluding carboxylic acids is 1. The van der Waals surface area contributed by atoms with Crippen LogP contribution in [0.1, 0.15) is 42.5 Å². The van der Waals surface area contributed by atoms with Crippen LogP contribution in [0.25, 0.3) is 0 Å². The number of carbonyl (C=O) groups is 1. The zero-order valence-electron chi connectivity index (χ0n) is 18.8. The molecule has 0 saturated carbocycles. The molecule has 2 aliphatic rings. The highest BCUT2D eigenvalue weighted by molar-refractivity contribution is 7.92. The topological polar surface area (TPSA) is 70.2 Å². The van der Waals surface area contributed by atoms with Crippen LogP contribution in [0, 0.1) is 0 Å². The average Bonchev–Trinajstić information content (AvgIpc) is 3.38. The second-order valence-corrected chi connectivity index (χ2v) is 10.4. The minimum Gasteiger partial charge on any atom is -0.496 e. The molecule has 2 saturated heterocycles. The van der Waals surface area contributed by atoms with Crippen molar-refractivity contribution in [1.29, 1.82) is 0 Å². The second-order valence-electron chi connectivity index (χ2n) is 8.40. The van der Waals surface area contributed by atoms with Crippen LogP contribution in [0.5, 0.6) is 5.75 Å². The number of anilines is 2. The molecule has 8 heteroatoms. The number of piperidine rings is 1. The second kappa shape index (κ2) is 9.40. The van der Waals surface area contributed by atoms with Crippen LogP contribution in [-0.2, 0) is 10.0 Å². The molecule has 0 aromatic heterocycles. The van der Waals surface area contributed by atoms with Crippen molar-refractivity contribution < 1.29 is 17.9 Å². The quantitative estimate of drug-likeness (QED) is 0.661. The molecule has 0 bridgehead atoms. The van der Waals surface area contributed by atoms with Gasteiger partial charge in [-0.1, -0.05) is 0 Å². The van der Waals surface area contributed by atoms with E-state index in [2.05, 4.69) is 4.90 Å². The van der Waals surface area contributed by atoms with Gasteiger partial charge in [0.1, 0.15) is 5.75 Å². The van der Waals surface area contributed by atoms with Crippen molar-refractivity contribution in [3.8, 4) is 5.75 Å². The molecule has 0 aliphatic carbocycles. The van der Waals surface area contributed by atoms with E-state index in [-0.39, 0.29) is 16.4 Å². The van der Waals surface area contributed by atoms with E-state index >= 15 is 0 Å². The number of sulfonamides is 1. The molecule has 2 aliphatic heterocycles. The highest BCUT2D eigenvalue weighted by Crippen LogP contribution is 2.30. The molecule has 7 nitrogen and oxygen atoms in total. The lowest BCUT2D eigenvalue weighted by Crippen LogP contribution is -2.36. The molecule has 0 N–H and O–H groups in total. The van der Waals surface area contributed by atoms with Crippen LogP contribution < -0.4 is 13.9 Å². The molecule has 2 aromatic rings. The molecular weight excluding hydrogens is 426 g/mol. The normalized spacial score (nSPS) is 16.8. The van der Waals surface area contributed by atoms with E-state index < -0.39 is 10.0 Å². The summed E-state index contributed by atoms with van der Waals surface area (Å²) in [7, 11) is -0.813. The maximum atomic E-state index is 13.4. The smallest absolute Gasteiger partial charge is 0.264 e. The van der Waals surface area contributed by atoms with Crippen molar-refractivity contribution in [3.63, 3.8) is 0 Å². The van der Waals surface area contributed by atoms with Crippen LogP contribution in [0.3, 0.4) is 0 Å². The van der Waals surface area contributed by atoms with Gasteiger partial charge >= 0.3 is 0 Å². The van der Waals surface area contributed by atoms with E-state index in [4.69, 9.17) is 4.74 Å². The summed E-state index contributed by atoms with van der Waals surface area (Å²) in [5, 5.41) is 0. The number of hydrogen-bond donors (Lipinski definition) is 0. The Labute approximate surface area is 190 Å². The van der Waals surface area contributed by atoms with E-state index in [0.717, 1.165) is 38.0 Å².